The molecule has 2 aromatic rings. The van der Waals surface area contributed by atoms with E-state index in [1.807, 2.05) is 13.0 Å². The fraction of sp³-hybridized carbons (Fsp3) is 0.389. The maximum atomic E-state index is 12.4. The van der Waals surface area contributed by atoms with Crippen LogP contribution >= 0.6 is 0 Å². The molecule has 1 aromatic carbocycles. The van der Waals surface area contributed by atoms with Gasteiger partial charge in [0.2, 0.25) is 0 Å². The molecule has 0 unspecified atom stereocenters. The van der Waals surface area contributed by atoms with E-state index < -0.39 is 0 Å². The lowest BCUT2D eigenvalue weighted by atomic mass is 10.2. The first-order valence-corrected chi connectivity index (χ1v) is 8.58. The zero-order valence-corrected chi connectivity index (χ0v) is 14.9. The predicted molar refractivity (Wildman–Crippen MR) is 96.4 cm³/mol. The summed E-state index contributed by atoms with van der Waals surface area (Å²) in [6, 6.07) is 8.39. The molecule has 0 aliphatic carbocycles. The number of benzene rings is 1. The molecule has 1 fully saturated rings. The van der Waals surface area contributed by atoms with Crippen molar-refractivity contribution in [3.63, 3.8) is 0 Å². The lowest BCUT2D eigenvalue weighted by Crippen LogP contribution is -2.50. The molecule has 1 saturated heterocycles. The van der Waals surface area contributed by atoms with E-state index in [0.717, 1.165) is 11.6 Å². The quantitative estimate of drug-likeness (QED) is 0.845. The Morgan fingerprint density at radius 1 is 1.19 bits per heavy atom. The lowest BCUT2D eigenvalue weighted by Gasteiger charge is -2.34. The van der Waals surface area contributed by atoms with Gasteiger partial charge in [-0.3, -0.25) is 0 Å². The van der Waals surface area contributed by atoms with Crippen molar-refractivity contribution in [3.8, 4) is 0 Å². The Kier molecular flexibility index (Phi) is 5.40. The monoisotopic (exact) mass is 358 g/mol. The van der Waals surface area contributed by atoms with Gasteiger partial charge in [-0.1, -0.05) is 5.16 Å². The Morgan fingerprint density at radius 2 is 1.88 bits per heavy atom. The van der Waals surface area contributed by atoms with E-state index in [-0.39, 0.29) is 12.0 Å². The molecule has 0 atom stereocenters. The van der Waals surface area contributed by atoms with Crippen molar-refractivity contribution in [3.05, 3.63) is 41.7 Å². The molecule has 3 rings (SSSR count). The van der Waals surface area contributed by atoms with Crippen LogP contribution in [0.25, 0.3) is 0 Å². The Bertz CT molecular complexity index is 764. The molecule has 8 nitrogen and oxygen atoms in total. The Morgan fingerprint density at radius 3 is 2.46 bits per heavy atom. The number of anilines is 2. The zero-order valence-electron chi connectivity index (χ0n) is 14.9. The summed E-state index contributed by atoms with van der Waals surface area (Å²) in [5, 5.41) is 6.86. The minimum absolute atomic E-state index is 0.162. The van der Waals surface area contributed by atoms with Crippen molar-refractivity contribution < 1.29 is 18.8 Å². The van der Waals surface area contributed by atoms with Crippen molar-refractivity contribution in [1.29, 1.82) is 0 Å². The third kappa shape index (κ3) is 4.14. The van der Waals surface area contributed by atoms with Gasteiger partial charge in [-0.25, -0.2) is 9.59 Å². The second-order valence-corrected chi connectivity index (χ2v) is 6.00. The molecule has 138 valence electrons. The second kappa shape index (κ2) is 7.90. The number of nitrogens with one attached hydrogen (secondary N) is 1. The molecule has 2 heterocycles. The maximum absolute atomic E-state index is 12.4. The molecular weight excluding hydrogens is 336 g/mol. The molecular formula is C18H22N4O4. The molecule has 26 heavy (non-hydrogen) atoms. The molecule has 0 bridgehead atoms. The van der Waals surface area contributed by atoms with Crippen LogP contribution in [-0.4, -0.2) is 54.8 Å². The summed E-state index contributed by atoms with van der Waals surface area (Å²) in [7, 11) is 0. The van der Waals surface area contributed by atoms with Crippen LogP contribution in [0.3, 0.4) is 0 Å². The number of aryl methyl sites for hydroxylation is 1. The molecule has 8 heteroatoms. The summed E-state index contributed by atoms with van der Waals surface area (Å²) in [5.41, 5.74) is 1.10. The van der Waals surface area contributed by atoms with Crippen LogP contribution in [0.2, 0.25) is 0 Å². The Labute approximate surface area is 151 Å². The lowest BCUT2D eigenvalue weighted by molar-refractivity contribution is 0.0526. The Hall–Kier alpha value is -3.03. The van der Waals surface area contributed by atoms with Gasteiger partial charge in [-0.15, -0.1) is 0 Å². The number of ether oxygens (including phenoxy) is 1. The van der Waals surface area contributed by atoms with Gasteiger partial charge in [0.25, 0.3) is 0 Å². The van der Waals surface area contributed by atoms with Crippen LogP contribution in [0, 0.1) is 6.92 Å². The second-order valence-electron chi connectivity index (χ2n) is 6.00. The number of aromatic nitrogens is 1. The number of hydrogen-bond acceptors (Lipinski definition) is 6. The van der Waals surface area contributed by atoms with Gasteiger partial charge < -0.3 is 24.4 Å². The number of piperazine rings is 1. The number of rotatable bonds is 4. The minimum Gasteiger partial charge on any atom is -0.462 e. The van der Waals surface area contributed by atoms with E-state index in [4.69, 9.17) is 9.26 Å². The third-order valence-electron chi connectivity index (χ3n) is 4.15. The molecule has 1 aromatic heterocycles. The van der Waals surface area contributed by atoms with Crippen molar-refractivity contribution in [2.45, 2.75) is 13.8 Å². The van der Waals surface area contributed by atoms with E-state index in [1.54, 1.807) is 36.1 Å². The zero-order chi connectivity index (χ0) is 18.5. The van der Waals surface area contributed by atoms with E-state index in [1.165, 1.54) is 0 Å². The van der Waals surface area contributed by atoms with Crippen LogP contribution in [0.4, 0.5) is 16.3 Å². The normalized spacial score (nSPS) is 14.2. The summed E-state index contributed by atoms with van der Waals surface area (Å²) in [4.78, 5) is 27.9. The minimum atomic E-state index is -0.371. The molecule has 0 spiro atoms. The van der Waals surface area contributed by atoms with Gasteiger partial charge in [0, 0.05) is 37.9 Å². The van der Waals surface area contributed by atoms with Crippen LogP contribution in [0.1, 0.15) is 23.0 Å². The molecule has 0 saturated carbocycles. The highest BCUT2D eigenvalue weighted by molar-refractivity contribution is 5.92. The summed E-state index contributed by atoms with van der Waals surface area (Å²) in [5.74, 6) is 1.20. The van der Waals surface area contributed by atoms with Gasteiger partial charge >= 0.3 is 12.0 Å². The molecule has 1 aliphatic rings. The third-order valence-corrected chi connectivity index (χ3v) is 4.15. The standard InChI is InChI=1S/C18H22N4O4/c1-3-25-17(23)14-4-6-15(7-5-14)19-18(24)22-10-8-21(9-11-22)16-12-13(2)26-20-16/h4-7,12H,3,8-11H2,1-2H3,(H,19,24). The van der Waals surface area contributed by atoms with Gasteiger partial charge in [-0.05, 0) is 38.1 Å². The van der Waals surface area contributed by atoms with Crippen molar-refractivity contribution in [1.82, 2.24) is 10.1 Å². The first-order valence-electron chi connectivity index (χ1n) is 8.58. The largest absolute Gasteiger partial charge is 0.462 e. The van der Waals surface area contributed by atoms with Crippen molar-refractivity contribution in [2.75, 3.05) is 43.0 Å². The fourth-order valence-electron chi connectivity index (χ4n) is 2.75. The average Bonchev–Trinajstić information content (AvgIpc) is 3.09. The first kappa shape index (κ1) is 17.8. The van der Waals surface area contributed by atoms with E-state index in [0.29, 0.717) is 44.0 Å². The topological polar surface area (TPSA) is 87.9 Å². The number of carbonyl (C=O) groups is 2. The fourth-order valence-corrected chi connectivity index (χ4v) is 2.75. The molecule has 0 radical (unpaired) electrons. The number of urea groups is 1. The van der Waals surface area contributed by atoms with Crippen LogP contribution in [0.5, 0.6) is 0 Å². The number of hydrogen-bond donors (Lipinski definition) is 1. The van der Waals surface area contributed by atoms with E-state index in [2.05, 4.69) is 15.4 Å². The van der Waals surface area contributed by atoms with E-state index in [9.17, 15) is 9.59 Å². The molecule has 1 N–H and O–H groups in total. The van der Waals surface area contributed by atoms with Gasteiger partial charge in [0.1, 0.15) is 5.76 Å². The Balaban J connectivity index is 1.52. The van der Waals surface area contributed by atoms with Gasteiger partial charge in [0.15, 0.2) is 5.82 Å². The maximum Gasteiger partial charge on any atom is 0.338 e. The highest BCUT2D eigenvalue weighted by Gasteiger charge is 2.23. The van der Waals surface area contributed by atoms with Gasteiger partial charge in [0.05, 0.1) is 12.2 Å². The van der Waals surface area contributed by atoms with Crippen LogP contribution < -0.4 is 10.2 Å². The number of carbonyl (C=O) groups excluding carboxylic acids is 2. The molecule has 2 amide bonds. The smallest absolute Gasteiger partial charge is 0.338 e. The molecule has 1 aliphatic heterocycles. The summed E-state index contributed by atoms with van der Waals surface area (Å²) in [6.45, 7) is 6.53. The van der Waals surface area contributed by atoms with Gasteiger partial charge in [-0.2, -0.15) is 0 Å². The summed E-state index contributed by atoms with van der Waals surface area (Å²) < 4.78 is 10.0. The van der Waals surface area contributed by atoms with E-state index >= 15 is 0 Å². The highest BCUT2D eigenvalue weighted by Crippen LogP contribution is 2.17. The number of esters is 1. The number of nitrogens with zero attached hydrogens (tertiary/aromatic N) is 3. The average molecular weight is 358 g/mol. The SMILES string of the molecule is CCOC(=O)c1ccc(NC(=O)N2CCN(c3cc(C)on3)CC2)cc1. The van der Waals surface area contributed by atoms with Crippen molar-refractivity contribution >= 4 is 23.5 Å². The summed E-state index contributed by atoms with van der Waals surface area (Å²) >= 11 is 0. The van der Waals surface area contributed by atoms with Crippen LogP contribution in [-0.2, 0) is 4.74 Å². The summed E-state index contributed by atoms with van der Waals surface area (Å²) in [6.07, 6.45) is 0. The van der Waals surface area contributed by atoms with Crippen LogP contribution in [0.15, 0.2) is 34.9 Å². The number of amides is 2. The predicted octanol–water partition coefficient (Wildman–Crippen LogP) is 2.51. The van der Waals surface area contributed by atoms with Crippen molar-refractivity contribution in [2.24, 2.45) is 0 Å². The highest BCUT2D eigenvalue weighted by atomic mass is 16.5. The first-order chi connectivity index (χ1) is 12.6.